The zero-order valence-corrected chi connectivity index (χ0v) is 15.9. The first-order chi connectivity index (χ1) is 13.7. The highest BCUT2D eigenvalue weighted by atomic mass is 16.1. The summed E-state index contributed by atoms with van der Waals surface area (Å²) in [6.07, 6.45) is 1.65. The molecule has 2 aromatic carbocycles. The second-order valence-electron chi connectivity index (χ2n) is 7.09. The number of carbonyl (C=O) groups is 1. The number of carbonyl (C=O) groups excluding carboxylic acids is 1. The summed E-state index contributed by atoms with van der Waals surface area (Å²) >= 11 is 0. The van der Waals surface area contributed by atoms with E-state index in [1.54, 1.807) is 6.20 Å². The number of piperazine rings is 1. The number of pyridine rings is 1. The van der Waals surface area contributed by atoms with Crippen LogP contribution in [0.3, 0.4) is 0 Å². The van der Waals surface area contributed by atoms with Crippen LogP contribution in [0.15, 0.2) is 72.9 Å². The number of benzene rings is 2. The van der Waals surface area contributed by atoms with E-state index in [9.17, 15) is 4.79 Å². The lowest BCUT2D eigenvalue weighted by Gasteiger charge is -2.34. The van der Waals surface area contributed by atoms with Crippen molar-refractivity contribution in [1.82, 2.24) is 10.3 Å². The molecule has 5 heteroatoms. The lowest BCUT2D eigenvalue weighted by Crippen LogP contribution is -2.46. The van der Waals surface area contributed by atoms with E-state index in [2.05, 4.69) is 44.8 Å². The summed E-state index contributed by atoms with van der Waals surface area (Å²) in [6, 6.07) is 22.3. The van der Waals surface area contributed by atoms with Crippen LogP contribution in [0.5, 0.6) is 0 Å². The highest BCUT2D eigenvalue weighted by molar-refractivity contribution is 6.04. The first-order valence-electron chi connectivity index (χ1n) is 9.56. The van der Waals surface area contributed by atoms with Crippen LogP contribution < -0.4 is 15.5 Å². The Kier molecular flexibility index (Phi) is 5.35. The number of anilines is 2. The zero-order valence-electron chi connectivity index (χ0n) is 15.9. The molecule has 0 spiro atoms. The lowest BCUT2D eigenvalue weighted by atomic mass is 10.0. The summed E-state index contributed by atoms with van der Waals surface area (Å²) in [5.41, 5.74) is 3.74. The fourth-order valence-corrected chi connectivity index (χ4v) is 3.50. The molecular formula is C23H24N4O. The van der Waals surface area contributed by atoms with Crippen molar-refractivity contribution in [3.63, 3.8) is 0 Å². The number of hydrogen-bond donors (Lipinski definition) is 2. The van der Waals surface area contributed by atoms with Crippen LogP contribution >= 0.6 is 0 Å². The van der Waals surface area contributed by atoms with Gasteiger partial charge in [0, 0.05) is 37.6 Å². The number of aryl methyl sites for hydroxylation is 1. The summed E-state index contributed by atoms with van der Waals surface area (Å²) in [7, 11) is 0. The monoisotopic (exact) mass is 372 g/mol. The summed E-state index contributed by atoms with van der Waals surface area (Å²) in [4.78, 5) is 19.3. The number of aromatic nitrogens is 1. The van der Waals surface area contributed by atoms with Crippen LogP contribution in [-0.4, -0.2) is 30.5 Å². The van der Waals surface area contributed by atoms with Crippen LogP contribution in [0.4, 0.5) is 11.5 Å². The zero-order chi connectivity index (χ0) is 19.3. The van der Waals surface area contributed by atoms with Crippen molar-refractivity contribution in [3.05, 3.63) is 89.6 Å². The standard InChI is InChI=1S/C23H24N4O/c1-17-6-5-9-20(14-17)26-23(28)19-10-11-22(25-15-19)27-13-12-24-21(16-27)18-7-3-2-4-8-18/h2-11,14-15,21,24H,12-13,16H2,1H3,(H,26,28)/t21-/m1/s1. The van der Waals surface area contributed by atoms with Gasteiger partial charge in [-0.3, -0.25) is 4.79 Å². The Hall–Kier alpha value is -3.18. The van der Waals surface area contributed by atoms with Gasteiger partial charge in [0.2, 0.25) is 0 Å². The van der Waals surface area contributed by atoms with E-state index in [-0.39, 0.29) is 11.9 Å². The van der Waals surface area contributed by atoms with E-state index in [1.165, 1.54) is 5.56 Å². The first kappa shape index (κ1) is 18.2. The predicted molar refractivity (Wildman–Crippen MR) is 113 cm³/mol. The smallest absolute Gasteiger partial charge is 0.257 e. The number of hydrogen-bond acceptors (Lipinski definition) is 4. The molecule has 0 aliphatic carbocycles. The van der Waals surface area contributed by atoms with Gasteiger partial charge in [-0.05, 0) is 42.3 Å². The van der Waals surface area contributed by atoms with E-state index < -0.39 is 0 Å². The van der Waals surface area contributed by atoms with E-state index in [4.69, 9.17) is 0 Å². The molecule has 2 heterocycles. The Bertz CT molecular complexity index is 940. The van der Waals surface area contributed by atoms with Crippen molar-refractivity contribution >= 4 is 17.4 Å². The molecule has 1 atom stereocenters. The molecule has 5 nitrogen and oxygen atoms in total. The fourth-order valence-electron chi connectivity index (χ4n) is 3.50. The molecule has 1 aliphatic rings. The van der Waals surface area contributed by atoms with Gasteiger partial charge in [-0.15, -0.1) is 0 Å². The van der Waals surface area contributed by atoms with E-state index in [1.807, 2.05) is 49.4 Å². The minimum absolute atomic E-state index is 0.146. The predicted octanol–water partition coefficient (Wildman–Crippen LogP) is 3.79. The Morgan fingerprint density at radius 2 is 1.96 bits per heavy atom. The summed E-state index contributed by atoms with van der Waals surface area (Å²) < 4.78 is 0. The maximum Gasteiger partial charge on any atom is 0.257 e. The molecule has 0 saturated carbocycles. The van der Waals surface area contributed by atoms with Crippen molar-refractivity contribution in [2.24, 2.45) is 0 Å². The second kappa shape index (κ2) is 8.23. The maximum absolute atomic E-state index is 12.5. The quantitative estimate of drug-likeness (QED) is 0.732. The number of nitrogens with one attached hydrogen (secondary N) is 2. The Morgan fingerprint density at radius 3 is 2.71 bits per heavy atom. The molecule has 0 unspecified atom stereocenters. The van der Waals surface area contributed by atoms with Gasteiger partial charge < -0.3 is 15.5 Å². The molecule has 1 amide bonds. The van der Waals surface area contributed by atoms with Crippen molar-refractivity contribution in [1.29, 1.82) is 0 Å². The van der Waals surface area contributed by atoms with Crippen LogP contribution in [-0.2, 0) is 0 Å². The summed E-state index contributed by atoms with van der Waals surface area (Å²) in [6.45, 7) is 4.65. The average Bonchev–Trinajstić information content (AvgIpc) is 2.75. The second-order valence-corrected chi connectivity index (χ2v) is 7.09. The summed E-state index contributed by atoms with van der Waals surface area (Å²) in [5, 5.41) is 6.49. The first-order valence-corrected chi connectivity index (χ1v) is 9.56. The maximum atomic E-state index is 12.5. The van der Waals surface area contributed by atoms with E-state index >= 15 is 0 Å². The Balaban J connectivity index is 1.43. The normalized spacial score (nSPS) is 16.6. The Morgan fingerprint density at radius 1 is 1.11 bits per heavy atom. The molecule has 142 valence electrons. The number of rotatable bonds is 4. The van der Waals surface area contributed by atoms with Gasteiger partial charge >= 0.3 is 0 Å². The molecular weight excluding hydrogens is 348 g/mol. The van der Waals surface area contributed by atoms with Gasteiger partial charge in [0.25, 0.3) is 5.91 Å². The molecule has 3 aromatic rings. The molecule has 1 fully saturated rings. The fraction of sp³-hybridized carbons (Fsp3) is 0.217. The third-order valence-corrected chi connectivity index (χ3v) is 4.99. The largest absolute Gasteiger partial charge is 0.353 e. The molecule has 0 radical (unpaired) electrons. The number of nitrogens with zero attached hydrogens (tertiary/aromatic N) is 2. The molecule has 0 bridgehead atoms. The van der Waals surface area contributed by atoms with Crippen molar-refractivity contribution in [3.8, 4) is 0 Å². The molecule has 1 saturated heterocycles. The third-order valence-electron chi connectivity index (χ3n) is 4.99. The average molecular weight is 372 g/mol. The number of amides is 1. The lowest BCUT2D eigenvalue weighted by molar-refractivity contribution is 0.102. The Labute approximate surface area is 165 Å². The van der Waals surface area contributed by atoms with Gasteiger partial charge in [0.1, 0.15) is 5.82 Å². The molecule has 1 aromatic heterocycles. The molecule has 4 rings (SSSR count). The van der Waals surface area contributed by atoms with Crippen molar-refractivity contribution in [2.45, 2.75) is 13.0 Å². The van der Waals surface area contributed by atoms with Crippen LogP contribution in [0.2, 0.25) is 0 Å². The van der Waals surface area contributed by atoms with Crippen molar-refractivity contribution < 1.29 is 4.79 Å². The SMILES string of the molecule is Cc1cccc(NC(=O)c2ccc(N3CCN[C@@H](c4ccccc4)C3)nc2)c1. The molecule has 28 heavy (non-hydrogen) atoms. The van der Waals surface area contributed by atoms with Gasteiger partial charge in [-0.1, -0.05) is 42.5 Å². The van der Waals surface area contributed by atoms with Gasteiger partial charge in [0.05, 0.1) is 5.56 Å². The van der Waals surface area contributed by atoms with Crippen LogP contribution in [0.25, 0.3) is 0 Å². The highest BCUT2D eigenvalue weighted by Crippen LogP contribution is 2.21. The minimum atomic E-state index is -0.146. The van der Waals surface area contributed by atoms with Crippen LogP contribution in [0.1, 0.15) is 27.5 Å². The molecule has 2 N–H and O–H groups in total. The molecule has 1 aliphatic heterocycles. The topological polar surface area (TPSA) is 57.3 Å². The van der Waals surface area contributed by atoms with E-state index in [0.717, 1.165) is 36.7 Å². The third kappa shape index (κ3) is 4.21. The minimum Gasteiger partial charge on any atom is -0.353 e. The van der Waals surface area contributed by atoms with Gasteiger partial charge in [-0.2, -0.15) is 0 Å². The van der Waals surface area contributed by atoms with Crippen molar-refractivity contribution in [2.75, 3.05) is 29.9 Å². The van der Waals surface area contributed by atoms with E-state index in [0.29, 0.717) is 5.56 Å². The van der Waals surface area contributed by atoms with Gasteiger partial charge in [0.15, 0.2) is 0 Å². The summed E-state index contributed by atoms with van der Waals surface area (Å²) in [5.74, 6) is 0.752. The van der Waals surface area contributed by atoms with Gasteiger partial charge in [-0.25, -0.2) is 4.98 Å². The highest BCUT2D eigenvalue weighted by Gasteiger charge is 2.21. The van der Waals surface area contributed by atoms with Crippen LogP contribution in [0, 0.1) is 6.92 Å².